The minimum absolute atomic E-state index is 0.0247. The van der Waals surface area contributed by atoms with Crippen LogP contribution in [-0.2, 0) is 24.6 Å². The molecule has 0 spiro atoms. The predicted molar refractivity (Wildman–Crippen MR) is 87.4 cm³/mol. The van der Waals surface area contributed by atoms with Crippen LogP contribution in [0, 0.1) is 0 Å². The number of urea groups is 1. The molecule has 0 radical (unpaired) electrons. The van der Waals surface area contributed by atoms with Gasteiger partial charge in [-0.15, -0.1) is 10.2 Å². The van der Waals surface area contributed by atoms with Crippen LogP contribution in [0.4, 0.5) is 4.79 Å². The molecule has 4 rings (SSSR count). The van der Waals surface area contributed by atoms with Crippen LogP contribution in [-0.4, -0.2) is 51.4 Å². The van der Waals surface area contributed by atoms with E-state index in [4.69, 9.17) is 4.74 Å². The van der Waals surface area contributed by atoms with Crippen molar-refractivity contribution in [3.05, 3.63) is 47.5 Å². The summed E-state index contributed by atoms with van der Waals surface area (Å²) in [5, 5.41) is 11.1. The zero-order valence-corrected chi connectivity index (χ0v) is 13.7. The van der Waals surface area contributed by atoms with Crippen molar-refractivity contribution in [1.29, 1.82) is 0 Å². The number of carbonyl (C=O) groups excluding carboxylic acids is 1. The summed E-state index contributed by atoms with van der Waals surface area (Å²) in [5.41, 5.74) is 2.67. The summed E-state index contributed by atoms with van der Waals surface area (Å²) in [6, 6.07) is 8.53. The molecular formula is C17H21N5O2. The molecule has 1 aromatic heterocycles. The van der Waals surface area contributed by atoms with E-state index < -0.39 is 0 Å². The van der Waals surface area contributed by atoms with Crippen LogP contribution in [0.5, 0.6) is 0 Å². The molecule has 7 nitrogen and oxygen atoms in total. The summed E-state index contributed by atoms with van der Waals surface area (Å²) < 4.78 is 7.59. The van der Waals surface area contributed by atoms with Crippen molar-refractivity contribution in [3.8, 4) is 0 Å². The minimum atomic E-state index is -0.224. The fraction of sp³-hybridized carbons (Fsp3) is 0.471. The summed E-state index contributed by atoms with van der Waals surface area (Å²) in [6.45, 7) is 1.60. The molecule has 1 aliphatic carbocycles. The number of carbonyl (C=O) groups is 1. The van der Waals surface area contributed by atoms with Crippen molar-refractivity contribution in [2.24, 2.45) is 7.05 Å². The molecule has 24 heavy (non-hydrogen) atoms. The van der Waals surface area contributed by atoms with Crippen LogP contribution in [0.2, 0.25) is 0 Å². The molecule has 2 heterocycles. The van der Waals surface area contributed by atoms with Crippen molar-refractivity contribution in [2.75, 3.05) is 19.7 Å². The molecule has 1 N–H and O–H groups in total. The minimum Gasteiger partial charge on any atom is -0.366 e. The van der Waals surface area contributed by atoms with Gasteiger partial charge in [0.25, 0.3) is 0 Å². The van der Waals surface area contributed by atoms with Gasteiger partial charge in [0.05, 0.1) is 13.2 Å². The number of hydrogen-bond donors (Lipinski definition) is 1. The lowest BCUT2D eigenvalue weighted by Crippen LogP contribution is -2.50. The lowest BCUT2D eigenvalue weighted by molar-refractivity contribution is -0.0217. The lowest BCUT2D eigenvalue weighted by Gasteiger charge is -2.33. The van der Waals surface area contributed by atoms with E-state index >= 15 is 0 Å². The molecule has 1 fully saturated rings. The van der Waals surface area contributed by atoms with Crippen LogP contribution in [0.1, 0.15) is 23.1 Å². The van der Waals surface area contributed by atoms with E-state index in [-0.39, 0.29) is 18.2 Å². The Morgan fingerprint density at radius 3 is 2.71 bits per heavy atom. The fourth-order valence-electron chi connectivity index (χ4n) is 3.50. The molecule has 1 aliphatic heterocycles. The van der Waals surface area contributed by atoms with E-state index in [0.29, 0.717) is 19.7 Å². The standard InChI is InChI=1S/C17H21N5O2/c1-21-11-18-20-16(21)15-10-22(6-7-24-15)17(23)19-14-8-12-4-2-3-5-13(12)9-14/h2-5,11,14-15H,6-10H2,1H3,(H,19,23)/t15-/m0/s1. The first-order valence-electron chi connectivity index (χ1n) is 8.28. The maximum Gasteiger partial charge on any atom is 0.317 e. The number of nitrogens with zero attached hydrogens (tertiary/aromatic N) is 4. The smallest absolute Gasteiger partial charge is 0.317 e. The first-order valence-corrected chi connectivity index (χ1v) is 8.28. The monoisotopic (exact) mass is 327 g/mol. The average molecular weight is 327 g/mol. The first-order chi connectivity index (χ1) is 11.7. The summed E-state index contributed by atoms with van der Waals surface area (Å²) in [4.78, 5) is 14.4. The predicted octanol–water partition coefficient (Wildman–Crippen LogP) is 1.07. The molecule has 126 valence electrons. The van der Waals surface area contributed by atoms with Gasteiger partial charge in [0.1, 0.15) is 12.4 Å². The molecular weight excluding hydrogens is 306 g/mol. The van der Waals surface area contributed by atoms with Crippen molar-refractivity contribution in [2.45, 2.75) is 25.0 Å². The highest BCUT2D eigenvalue weighted by Gasteiger charge is 2.30. The van der Waals surface area contributed by atoms with Gasteiger partial charge in [-0.3, -0.25) is 0 Å². The Morgan fingerprint density at radius 1 is 1.29 bits per heavy atom. The van der Waals surface area contributed by atoms with Crippen LogP contribution in [0.25, 0.3) is 0 Å². The Bertz CT molecular complexity index is 719. The normalized spacial score (nSPS) is 20.9. The van der Waals surface area contributed by atoms with Crippen LogP contribution >= 0.6 is 0 Å². The Hall–Kier alpha value is -2.41. The summed E-state index contributed by atoms with van der Waals surface area (Å²) in [5.74, 6) is 0.751. The van der Waals surface area contributed by atoms with Gasteiger partial charge < -0.3 is 19.5 Å². The highest BCUT2D eigenvalue weighted by Crippen LogP contribution is 2.23. The third kappa shape index (κ3) is 2.87. The van der Waals surface area contributed by atoms with Gasteiger partial charge in [0.2, 0.25) is 0 Å². The molecule has 2 aromatic rings. The number of nitrogens with one attached hydrogen (secondary N) is 1. The second kappa shape index (κ2) is 6.24. The first kappa shape index (κ1) is 15.1. The fourth-order valence-corrected chi connectivity index (χ4v) is 3.50. The number of fused-ring (bicyclic) bond motifs is 1. The third-order valence-corrected chi connectivity index (χ3v) is 4.77. The molecule has 1 aromatic carbocycles. The Kier molecular flexibility index (Phi) is 3.93. The number of benzene rings is 1. The number of ether oxygens (including phenoxy) is 1. The summed E-state index contributed by atoms with van der Waals surface area (Å²) in [7, 11) is 1.88. The number of aryl methyl sites for hydroxylation is 1. The molecule has 7 heteroatoms. The Balaban J connectivity index is 1.38. The van der Waals surface area contributed by atoms with Crippen molar-refractivity contribution in [3.63, 3.8) is 0 Å². The molecule has 0 saturated carbocycles. The van der Waals surface area contributed by atoms with Crippen LogP contribution in [0.3, 0.4) is 0 Å². The van der Waals surface area contributed by atoms with E-state index in [1.165, 1.54) is 11.1 Å². The quantitative estimate of drug-likeness (QED) is 0.895. The second-order valence-corrected chi connectivity index (χ2v) is 6.43. The number of rotatable bonds is 2. The summed E-state index contributed by atoms with van der Waals surface area (Å²) >= 11 is 0. The SMILES string of the molecule is Cn1cnnc1[C@@H]1CN(C(=O)NC2Cc3ccccc3C2)CCO1. The molecule has 0 bridgehead atoms. The molecule has 1 atom stereocenters. The van der Waals surface area contributed by atoms with Crippen LogP contribution < -0.4 is 5.32 Å². The van der Waals surface area contributed by atoms with E-state index in [9.17, 15) is 4.79 Å². The van der Waals surface area contributed by atoms with E-state index in [1.807, 2.05) is 16.5 Å². The third-order valence-electron chi connectivity index (χ3n) is 4.77. The van der Waals surface area contributed by atoms with Crippen molar-refractivity contribution >= 4 is 6.03 Å². The molecule has 2 amide bonds. The zero-order valence-electron chi connectivity index (χ0n) is 13.7. The zero-order chi connectivity index (χ0) is 16.5. The van der Waals surface area contributed by atoms with Crippen LogP contribution in [0.15, 0.2) is 30.6 Å². The van der Waals surface area contributed by atoms with Gasteiger partial charge in [0, 0.05) is 19.6 Å². The van der Waals surface area contributed by atoms with Gasteiger partial charge in [0.15, 0.2) is 5.82 Å². The summed E-state index contributed by atoms with van der Waals surface area (Å²) in [6.07, 6.45) is 3.23. The number of hydrogen-bond acceptors (Lipinski definition) is 4. The number of aromatic nitrogens is 3. The second-order valence-electron chi connectivity index (χ2n) is 6.43. The number of amides is 2. The molecule has 1 saturated heterocycles. The topological polar surface area (TPSA) is 72.3 Å². The molecule has 2 aliphatic rings. The maximum absolute atomic E-state index is 12.6. The van der Waals surface area contributed by atoms with Gasteiger partial charge in [-0.05, 0) is 24.0 Å². The lowest BCUT2D eigenvalue weighted by atomic mass is 10.1. The largest absolute Gasteiger partial charge is 0.366 e. The highest BCUT2D eigenvalue weighted by molar-refractivity contribution is 5.75. The average Bonchev–Trinajstić information content (AvgIpc) is 3.20. The maximum atomic E-state index is 12.6. The van der Waals surface area contributed by atoms with Crippen molar-refractivity contribution < 1.29 is 9.53 Å². The van der Waals surface area contributed by atoms with Gasteiger partial charge in [-0.25, -0.2) is 4.79 Å². The van der Waals surface area contributed by atoms with E-state index in [1.54, 1.807) is 6.33 Å². The van der Waals surface area contributed by atoms with Gasteiger partial charge in [-0.1, -0.05) is 24.3 Å². The van der Waals surface area contributed by atoms with E-state index in [0.717, 1.165) is 18.7 Å². The van der Waals surface area contributed by atoms with Gasteiger partial charge in [-0.2, -0.15) is 0 Å². The molecule has 0 unspecified atom stereocenters. The Labute approximate surface area is 140 Å². The highest BCUT2D eigenvalue weighted by atomic mass is 16.5. The van der Waals surface area contributed by atoms with Gasteiger partial charge >= 0.3 is 6.03 Å². The number of morpholine rings is 1. The van der Waals surface area contributed by atoms with E-state index in [2.05, 4.69) is 39.8 Å². The van der Waals surface area contributed by atoms with Crippen molar-refractivity contribution in [1.82, 2.24) is 25.0 Å². The Morgan fingerprint density at radius 2 is 2.04 bits per heavy atom.